The number of hydrogen-bond acceptors (Lipinski definition) is 1. The Morgan fingerprint density at radius 1 is 0.778 bits per heavy atom. The number of ketones is 1. The molecule has 0 amide bonds. The van der Waals surface area contributed by atoms with Gasteiger partial charge in [-0.15, -0.1) is 0 Å². The van der Waals surface area contributed by atoms with Crippen LogP contribution in [-0.2, 0) is 4.79 Å². The van der Waals surface area contributed by atoms with Crippen LogP contribution < -0.4 is 0 Å². The number of allylic oxidation sites excluding steroid dienone is 2. The summed E-state index contributed by atoms with van der Waals surface area (Å²) >= 11 is 0. The van der Waals surface area contributed by atoms with Crippen molar-refractivity contribution in [1.82, 2.24) is 0 Å². The van der Waals surface area contributed by atoms with Crippen LogP contribution in [0.5, 0.6) is 0 Å². The summed E-state index contributed by atoms with van der Waals surface area (Å²) in [6, 6.07) is 8.86. The minimum Gasteiger partial charge on any atom is -0.299 e. The number of hydrogen-bond donors (Lipinski definition) is 0. The van der Waals surface area contributed by atoms with Crippen molar-refractivity contribution in [3.05, 3.63) is 76.6 Å². The van der Waals surface area contributed by atoms with Gasteiger partial charge in [0.05, 0.1) is 5.92 Å². The third-order valence-corrected chi connectivity index (χ3v) is 5.62. The SMILES string of the molecule is O=C1C2CC=C(c3ccccc3)C1C(c1c(F)c(F)c(F)c(F)c1F)CC2. The first kappa shape index (κ1) is 17.9. The van der Waals surface area contributed by atoms with Gasteiger partial charge in [0.25, 0.3) is 0 Å². The number of benzene rings is 2. The van der Waals surface area contributed by atoms with Crippen molar-refractivity contribution >= 4 is 11.4 Å². The van der Waals surface area contributed by atoms with Gasteiger partial charge in [0, 0.05) is 17.4 Å². The largest absolute Gasteiger partial charge is 0.299 e. The second-order valence-electron chi connectivity index (χ2n) is 7.01. The van der Waals surface area contributed by atoms with Gasteiger partial charge in [-0.05, 0) is 30.4 Å². The molecule has 6 heteroatoms. The Kier molecular flexibility index (Phi) is 4.36. The Morgan fingerprint density at radius 2 is 1.37 bits per heavy atom. The molecule has 3 atom stereocenters. The molecule has 2 aromatic rings. The molecule has 140 valence electrons. The van der Waals surface area contributed by atoms with E-state index in [0.29, 0.717) is 24.0 Å². The van der Waals surface area contributed by atoms with E-state index in [1.54, 1.807) is 30.3 Å². The molecule has 0 radical (unpaired) electrons. The fourth-order valence-corrected chi connectivity index (χ4v) is 4.33. The van der Waals surface area contributed by atoms with Crippen LogP contribution >= 0.6 is 0 Å². The monoisotopic (exact) mass is 378 g/mol. The zero-order valence-electron chi connectivity index (χ0n) is 14.1. The van der Waals surface area contributed by atoms with Gasteiger partial charge >= 0.3 is 0 Å². The fourth-order valence-electron chi connectivity index (χ4n) is 4.33. The number of carbonyl (C=O) groups is 1. The van der Waals surface area contributed by atoms with E-state index in [4.69, 9.17) is 0 Å². The van der Waals surface area contributed by atoms with Crippen LogP contribution in [0.15, 0.2) is 36.4 Å². The minimum atomic E-state index is -2.18. The number of halogens is 5. The molecule has 2 bridgehead atoms. The Bertz CT molecular complexity index is 922. The topological polar surface area (TPSA) is 17.1 Å². The van der Waals surface area contributed by atoms with Gasteiger partial charge in [-0.3, -0.25) is 4.79 Å². The van der Waals surface area contributed by atoms with E-state index < -0.39 is 46.5 Å². The zero-order valence-corrected chi connectivity index (χ0v) is 14.1. The van der Waals surface area contributed by atoms with Gasteiger partial charge in [-0.2, -0.15) is 0 Å². The molecule has 0 heterocycles. The summed E-state index contributed by atoms with van der Waals surface area (Å²) in [4.78, 5) is 12.9. The first-order valence-electron chi connectivity index (χ1n) is 8.72. The van der Waals surface area contributed by atoms with Gasteiger partial charge in [0.2, 0.25) is 5.82 Å². The van der Waals surface area contributed by atoms with Crippen LogP contribution in [0.2, 0.25) is 0 Å². The molecule has 2 aromatic carbocycles. The normalized spacial score (nSPS) is 24.7. The van der Waals surface area contributed by atoms with Crippen LogP contribution in [0.4, 0.5) is 22.0 Å². The molecular weight excluding hydrogens is 363 g/mol. The second-order valence-corrected chi connectivity index (χ2v) is 7.01. The van der Waals surface area contributed by atoms with E-state index in [1.165, 1.54) is 0 Å². The van der Waals surface area contributed by atoms with E-state index in [-0.39, 0.29) is 18.1 Å². The maximum absolute atomic E-state index is 14.4. The summed E-state index contributed by atoms with van der Waals surface area (Å²) in [6.45, 7) is 0. The van der Waals surface area contributed by atoms with E-state index >= 15 is 0 Å². The summed E-state index contributed by atoms with van der Waals surface area (Å²) in [5.74, 6) is -12.3. The van der Waals surface area contributed by atoms with E-state index in [2.05, 4.69) is 0 Å². The molecule has 0 spiro atoms. The second kappa shape index (κ2) is 6.59. The molecule has 1 nitrogen and oxygen atoms in total. The molecule has 1 saturated carbocycles. The van der Waals surface area contributed by atoms with E-state index in [9.17, 15) is 26.7 Å². The quantitative estimate of drug-likeness (QED) is 0.381. The molecule has 3 unspecified atom stereocenters. The molecule has 0 aliphatic heterocycles. The Hall–Kier alpha value is -2.50. The lowest BCUT2D eigenvalue weighted by molar-refractivity contribution is -0.128. The van der Waals surface area contributed by atoms with Crippen molar-refractivity contribution in [3.63, 3.8) is 0 Å². The van der Waals surface area contributed by atoms with Crippen LogP contribution in [0.25, 0.3) is 5.57 Å². The van der Waals surface area contributed by atoms with Gasteiger partial charge in [-0.1, -0.05) is 36.4 Å². The minimum absolute atomic E-state index is 0.184. The summed E-state index contributed by atoms with van der Waals surface area (Å²) in [5.41, 5.74) is 0.419. The molecule has 4 rings (SSSR count). The molecular formula is C21H15F5O. The lowest BCUT2D eigenvalue weighted by Gasteiger charge is -2.40. The smallest absolute Gasteiger partial charge is 0.200 e. The molecule has 0 aromatic heterocycles. The van der Waals surface area contributed by atoms with Crippen LogP contribution in [0.1, 0.15) is 36.3 Å². The van der Waals surface area contributed by atoms with E-state index in [0.717, 1.165) is 0 Å². The fraction of sp³-hybridized carbons (Fsp3) is 0.286. The van der Waals surface area contributed by atoms with Crippen molar-refractivity contribution < 1.29 is 26.7 Å². The van der Waals surface area contributed by atoms with Gasteiger partial charge in [-0.25, -0.2) is 22.0 Å². The summed E-state index contributed by atoms with van der Waals surface area (Å²) in [5, 5.41) is 0. The number of Topliss-reactive ketones (excluding diaryl/α,β-unsaturated/α-hetero) is 1. The molecule has 1 fully saturated rings. The standard InChI is InChI=1S/C21H15F5O/c22-16-15(17(23)19(25)20(26)18(16)24)13-9-7-11-6-8-12(14(13)21(11)27)10-4-2-1-3-5-10/h1-5,8,11,13-14H,6-7,9H2. The number of rotatable bonds is 2. The maximum Gasteiger partial charge on any atom is 0.200 e. The van der Waals surface area contributed by atoms with Gasteiger partial charge < -0.3 is 0 Å². The number of carbonyl (C=O) groups excluding carboxylic acids is 1. The van der Waals surface area contributed by atoms with Crippen molar-refractivity contribution in [2.24, 2.45) is 11.8 Å². The predicted molar refractivity (Wildman–Crippen MR) is 89.2 cm³/mol. The Labute approximate surface area is 152 Å². The highest BCUT2D eigenvalue weighted by atomic mass is 19.2. The van der Waals surface area contributed by atoms with Crippen LogP contribution in [0, 0.1) is 40.9 Å². The number of fused-ring (bicyclic) bond motifs is 2. The maximum atomic E-state index is 14.4. The van der Waals surface area contributed by atoms with Crippen LogP contribution in [0.3, 0.4) is 0 Å². The summed E-state index contributed by atoms with van der Waals surface area (Å²) in [6.07, 6.45) is 2.91. The zero-order chi connectivity index (χ0) is 19.3. The average molecular weight is 378 g/mol. The Morgan fingerprint density at radius 3 is 2.00 bits per heavy atom. The Balaban J connectivity index is 1.89. The third-order valence-electron chi connectivity index (χ3n) is 5.62. The first-order chi connectivity index (χ1) is 12.9. The van der Waals surface area contributed by atoms with Crippen molar-refractivity contribution in [2.75, 3.05) is 0 Å². The lowest BCUT2D eigenvalue weighted by Crippen LogP contribution is -2.38. The molecule has 0 N–H and O–H groups in total. The summed E-state index contributed by atoms with van der Waals surface area (Å²) in [7, 11) is 0. The predicted octanol–water partition coefficient (Wildman–Crippen LogP) is 5.55. The molecule has 2 aliphatic rings. The molecule has 0 saturated heterocycles. The average Bonchev–Trinajstić information content (AvgIpc) is 2.67. The third kappa shape index (κ3) is 2.69. The van der Waals surface area contributed by atoms with Gasteiger partial charge in [0.15, 0.2) is 23.3 Å². The molecule has 27 heavy (non-hydrogen) atoms. The van der Waals surface area contributed by atoms with Crippen LogP contribution in [-0.4, -0.2) is 5.78 Å². The first-order valence-corrected chi connectivity index (χ1v) is 8.72. The highest BCUT2D eigenvalue weighted by molar-refractivity contribution is 5.98. The van der Waals surface area contributed by atoms with Crippen molar-refractivity contribution in [2.45, 2.75) is 25.2 Å². The van der Waals surface area contributed by atoms with Crippen molar-refractivity contribution in [1.29, 1.82) is 0 Å². The lowest BCUT2D eigenvalue weighted by atomic mass is 9.62. The molecule has 2 aliphatic carbocycles. The summed E-state index contributed by atoms with van der Waals surface area (Å²) < 4.78 is 69.7. The van der Waals surface area contributed by atoms with Gasteiger partial charge in [0.1, 0.15) is 5.78 Å². The van der Waals surface area contributed by atoms with Crippen molar-refractivity contribution in [3.8, 4) is 0 Å². The highest BCUT2D eigenvalue weighted by Gasteiger charge is 2.46. The van der Waals surface area contributed by atoms with E-state index in [1.807, 2.05) is 6.08 Å². The highest BCUT2D eigenvalue weighted by Crippen LogP contribution is 2.50.